The first-order chi connectivity index (χ1) is 11.2. The highest BCUT2D eigenvalue weighted by Crippen LogP contribution is 2.44. The molecule has 0 aliphatic heterocycles. The predicted molar refractivity (Wildman–Crippen MR) is 96.1 cm³/mol. The van der Waals surface area contributed by atoms with Crippen LogP contribution < -0.4 is 4.74 Å². The molecule has 0 amide bonds. The van der Waals surface area contributed by atoms with Crippen LogP contribution in [0.1, 0.15) is 22.3 Å². The molecule has 0 aromatic heterocycles. The molecule has 4 rings (SSSR count). The maximum Gasteiger partial charge on any atom is 0.118 e. The van der Waals surface area contributed by atoms with Gasteiger partial charge in [0.15, 0.2) is 0 Å². The van der Waals surface area contributed by atoms with Crippen LogP contribution in [0.2, 0.25) is 0 Å². The zero-order chi connectivity index (χ0) is 16.0. The van der Waals surface area contributed by atoms with Gasteiger partial charge in [-0.2, -0.15) is 0 Å². The summed E-state index contributed by atoms with van der Waals surface area (Å²) in [6, 6.07) is 19.5. The third kappa shape index (κ3) is 2.16. The molecule has 0 fully saturated rings. The lowest BCUT2D eigenvalue weighted by Gasteiger charge is -2.16. The molecule has 0 N–H and O–H groups in total. The summed E-state index contributed by atoms with van der Waals surface area (Å²) in [5, 5.41) is 0. The molecule has 3 aromatic rings. The van der Waals surface area contributed by atoms with Crippen molar-refractivity contribution in [3.8, 4) is 28.0 Å². The van der Waals surface area contributed by atoms with E-state index in [0.717, 1.165) is 12.2 Å². The fourth-order valence-corrected chi connectivity index (χ4v) is 3.67. The van der Waals surface area contributed by atoms with Crippen molar-refractivity contribution in [2.45, 2.75) is 20.3 Å². The Labute approximate surface area is 137 Å². The van der Waals surface area contributed by atoms with Crippen molar-refractivity contribution in [3.05, 3.63) is 76.9 Å². The summed E-state index contributed by atoms with van der Waals surface area (Å²) >= 11 is 0. The quantitative estimate of drug-likeness (QED) is 0.471. The molecule has 1 aliphatic carbocycles. The maximum absolute atomic E-state index is 5.30. The summed E-state index contributed by atoms with van der Waals surface area (Å²) in [4.78, 5) is 0. The van der Waals surface area contributed by atoms with E-state index < -0.39 is 0 Å². The van der Waals surface area contributed by atoms with E-state index in [1.54, 1.807) is 7.11 Å². The Balaban J connectivity index is 1.96. The summed E-state index contributed by atoms with van der Waals surface area (Å²) < 4.78 is 5.30. The minimum absolute atomic E-state index is 0.902. The maximum atomic E-state index is 5.30. The van der Waals surface area contributed by atoms with E-state index in [2.05, 4.69) is 56.3 Å². The lowest BCUT2D eigenvalue weighted by atomic mass is 9.89. The van der Waals surface area contributed by atoms with Gasteiger partial charge in [0, 0.05) is 0 Å². The summed E-state index contributed by atoms with van der Waals surface area (Å²) in [5.74, 6) is 0.902. The Morgan fingerprint density at radius 3 is 2.35 bits per heavy atom. The topological polar surface area (TPSA) is 9.23 Å². The van der Waals surface area contributed by atoms with Crippen molar-refractivity contribution in [3.63, 3.8) is 0 Å². The monoisotopic (exact) mass is 300 g/mol. The molecule has 1 aliphatic rings. The van der Waals surface area contributed by atoms with Crippen molar-refractivity contribution in [2.75, 3.05) is 7.11 Å². The molecule has 0 spiro atoms. The van der Waals surface area contributed by atoms with Crippen molar-refractivity contribution in [1.82, 2.24) is 0 Å². The molecular formula is C22H20O. The van der Waals surface area contributed by atoms with E-state index in [9.17, 15) is 0 Å². The SMILES string of the molecule is COc1ccc(-c2c(C)c(C)cc3c2Cc2ccccc2-3)cc1. The first-order valence-electron chi connectivity index (χ1n) is 8.05. The Hall–Kier alpha value is -2.54. The molecule has 0 saturated carbocycles. The Bertz CT molecular complexity index is 889. The van der Waals surface area contributed by atoms with Gasteiger partial charge >= 0.3 is 0 Å². The van der Waals surface area contributed by atoms with Crippen LogP contribution in [0.3, 0.4) is 0 Å². The van der Waals surface area contributed by atoms with Crippen LogP contribution in [0.4, 0.5) is 0 Å². The first kappa shape index (κ1) is 14.1. The Kier molecular flexibility index (Phi) is 3.23. The van der Waals surface area contributed by atoms with E-state index in [1.165, 1.54) is 44.5 Å². The van der Waals surface area contributed by atoms with Crippen LogP contribution in [0.25, 0.3) is 22.3 Å². The van der Waals surface area contributed by atoms with Gasteiger partial charge in [-0.1, -0.05) is 42.5 Å². The van der Waals surface area contributed by atoms with Gasteiger partial charge in [-0.05, 0) is 76.9 Å². The summed E-state index contributed by atoms with van der Waals surface area (Å²) in [5.41, 5.74) is 11.1. The molecule has 1 nitrogen and oxygen atoms in total. The first-order valence-corrected chi connectivity index (χ1v) is 8.05. The minimum atomic E-state index is 0.902. The fourth-order valence-electron chi connectivity index (χ4n) is 3.67. The lowest BCUT2D eigenvalue weighted by Crippen LogP contribution is -1.95. The molecule has 23 heavy (non-hydrogen) atoms. The van der Waals surface area contributed by atoms with Crippen LogP contribution in [0.15, 0.2) is 54.6 Å². The average Bonchev–Trinajstić information content (AvgIpc) is 2.94. The van der Waals surface area contributed by atoms with E-state index in [1.807, 2.05) is 12.1 Å². The van der Waals surface area contributed by atoms with Gasteiger partial charge in [-0.3, -0.25) is 0 Å². The number of rotatable bonds is 2. The van der Waals surface area contributed by atoms with E-state index >= 15 is 0 Å². The van der Waals surface area contributed by atoms with Gasteiger partial charge in [0.2, 0.25) is 0 Å². The van der Waals surface area contributed by atoms with Gasteiger partial charge in [-0.25, -0.2) is 0 Å². The highest BCUT2D eigenvalue weighted by atomic mass is 16.5. The second-order valence-corrected chi connectivity index (χ2v) is 6.28. The number of hydrogen-bond donors (Lipinski definition) is 0. The smallest absolute Gasteiger partial charge is 0.118 e. The average molecular weight is 300 g/mol. The molecule has 0 heterocycles. The standard InChI is InChI=1S/C22H20O/c1-14-12-20-19-7-5-4-6-17(19)13-21(20)22(15(14)2)16-8-10-18(23-3)11-9-16/h4-12H,13H2,1-3H3. The molecule has 0 atom stereocenters. The number of fused-ring (bicyclic) bond motifs is 3. The highest BCUT2D eigenvalue weighted by Gasteiger charge is 2.23. The second-order valence-electron chi connectivity index (χ2n) is 6.28. The molecule has 114 valence electrons. The molecule has 3 aromatic carbocycles. The molecule has 0 unspecified atom stereocenters. The van der Waals surface area contributed by atoms with Gasteiger partial charge in [-0.15, -0.1) is 0 Å². The third-order valence-electron chi connectivity index (χ3n) is 5.01. The van der Waals surface area contributed by atoms with Crippen LogP contribution in [0, 0.1) is 13.8 Å². The number of hydrogen-bond acceptors (Lipinski definition) is 1. The van der Waals surface area contributed by atoms with E-state index in [0.29, 0.717) is 0 Å². The molecule has 0 radical (unpaired) electrons. The third-order valence-corrected chi connectivity index (χ3v) is 5.01. The lowest BCUT2D eigenvalue weighted by molar-refractivity contribution is 0.415. The Morgan fingerprint density at radius 1 is 0.870 bits per heavy atom. The minimum Gasteiger partial charge on any atom is -0.497 e. The molecule has 1 heteroatoms. The van der Waals surface area contributed by atoms with Crippen molar-refractivity contribution in [1.29, 1.82) is 0 Å². The van der Waals surface area contributed by atoms with Crippen LogP contribution in [0.5, 0.6) is 5.75 Å². The van der Waals surface area contributed by atoms with E-state index in [-0.39, 0.29) is 0 Å². The predicted octanol–water partition coefficient (Wildman–Crippen LogP) is 5.55. The second kappa shape index (κ2) is 5.27. The highest BCUT2D eigenvalue weighted by molar-refractivity contribution is 5.87. The number of benzene rings is 3. The summed E-state index contributed by atoms with van der Waals surface area (Å²) in [6.07, 6.45) is 1.02. The molecular weight excluding hydrogens is 280 g/mol. The zero-order valence-corrected chi connectivity index (χ0v) is 13.8. The number of aryl methyl sites for hydroxylation is 1. The molecule has 0 saturated heterocycles. The molecule has 0 bridgehead atoms. The van der Waals surface area contributed by atoms with Gasteiger partial charge in [0.1, 0.15) is 5.75 Å². The van der Waals surface area contributed by atoms with Crippen LogP contribution in [-0.4, -0.2) is 7.11 Å². The van der Waals surface area contributed by atoms with Gasteiger partial charge < -0.3 is 4.74 Å². The van der Waals surface area contributed by atoms with E-state index in [4.69, 9.17) is 4.74 Å². The normalized spacial score (nSPS) is 12.0. The van der Waals surface area contributed by atoms with Crippen molar-refractivity contribution >= 4 is 0 Å². The van der Waals surface area contributed by atoms with Crippen LogP contribution in [-0.2, 0) is 6.42 Å². The largest absolute Gasteiger partial charge is 0.497 e. The number of ether oxygens (including phenoxy) is 1. The number of methoxy groups -OCH3 is 1. The van der Waals surface area contributed by atoms with Gasteiger partial charge in [0.25, 0.3) is 0 Å². The Morgan fingerprint density at radius 2 is 1.61 bits per heavy atom. The van der Waals surface area contributed by atoms with Crippen molar-refractivity contribution in [2.24, 2.45) is 0 Å². The summed E-state index contributed by atoms with van der Waals surface area (Å²) in [6.45, 7) is 4.45. The van der Waals surface area contributed by atoms with Crippen LogP contribution >= 0.6 is 0 Å². The zero-order valence-electron chi connectivity index (χ0n) is 13.8. The fraction of sp³-hybridized carbons (Fsp3) is 0.182. The summed E-state index contributed by atoms with van der Waals surface area (Å²) in [7, 11) is 1.71. The van der Waals surface area contributed by atoms with Gasteiger partial charge in [0.05, 0.1) is 7.11 Å². The van der Waals surface area contributed by atoms with Crippen molar-refractivity contribution < 1.29 is 4.74 Å².